The number of hydrogen-bond acceptors (Lipinski definition) is 7. The molecule has 43 heavy (non-hydrogen) atoms. The van der Waals surface area contributed by atoms with E-state index in [9.17, 15) is 19.2 Å². The number of amides is 2. The second kappa shape index (κ2) is 15.7. The molecule has 3 atom stereocenters. The third-order valence-corrected chi connectivity index (χ3v) is 7.29. The zero-order valence-electron chi connectivity index (χ0n) is 26.4. The number of esters is 1. The van der Waals surface area contributed by atoms with Gasteiger partial charge in [0.1, 0.15) is 23.4 Å². The molecule has 2 aromatic rings. The van der Waals surface area contributed by atoms with E-state index in [4.69, 9.17) is 9.47 Å². The summed E-state index contributed by atoms with van der Waals surface area (Å²) in [5, 5.41) is 5.83. The number of likely N-dealkylation sites (tertiary alicyclic amines) is 1. The fourth-order valence-electron chi connectivity index (χ4n) is 5.21. The third kappa shape index (κ3) is 10.8. The van der Waals surface area contributed by atoms with Gasteiger partial charge in [-0.1, -0.05) is 62.7 Å². The van der Waals surface area contributed by atoms with Gasteiger partial charge in [-0.3, -0.25) is 19.3 Å². The Bertz CT molecular complexity index is 1240. The highest BCUT2D eigenvalue weighted by atomic mass is 16.6. The molecular weight excluding hydrogens is 546 g/mol. The minimum absolute atomic E-state index is 0.0793. The molecular formula is C34H47N3O6. The molecule has 1 fully saturated rings. The van der Waals surface area contributed by atoms with Crippen molar-refractivity contribution in [2.24, 2.45) is 5.92 Å². The standard InChI is InChI=1S/C34H47N3O6/c1-23(2)19-28(33(41)43-34(3,4)5)36-31(39)27(20-24-13-8-7-9-14-24)35-32(40)29-17-10-11-18-37(29)22-30(38)25-15-12-16-26(21-25)42-6/h7-9,12-16,21,23,27-29H,10-11,17-20,22H2,1-6H3,(H,35,40)(H,36,39)/t27-,28-,29?/m0/s1. The molecule has 0 saturated carbocycles. The predicted molar refractivity (Wildman–Crippen MR) is 166 cm³/mol. The SMILES string of the molecule is COc1cccc(C(=O)CN2CCCCC2C(=O)N[C@@H](Cc2ccccc2)C(=O)N[C@@H](CC(C)C)C(=O)OC(C)(C)C)c1. The number of nitrogens with zero attached hydrogens (tertiary/aromatic N) is 1. The lowest BCUT2D eigenvalue weighted by Crippen LogP contribution is -2.58. The summed E-state index contributed by atoms with van der Waals surface area (Å²) >= 11 is 0. The van der Waals surface area contributed by atoms with Crippen molar-refractivity contribution in [2.75, 3.05) is 20.2 Å². The van der Waals surface area contributed by atoms with Crippen LogP contribution in [0.5, 0.6) is 5.75 Å². The Balaban J connectivity index is 1.79. The van der Waals surface area contributed by atoms with Crippen LogP contribution in [0.25, 0.3) is 0 Å². The normalized spacial score (nSPS) is 17.0. The van der Waals surface area contributed by atoms with Crippen LogP contribution in [0.4, 0.5) is 0 Å². The van der Waals surface area contributed by atoms with E-state index in [1.165, 1.54) is 0 Å². The van der Waals surface area contributed by atoms with Crippen molar-refractivity contribution in [3.05, 3.63) is 65.7 Å². The summed E-state index contributed by atoms with van der Waals surface area (Å²) < 4.78 is 10.8. The van der Waals surface area contributed by atoms with Crippen LogP contribution in [0, 0.1) is 5.92 Å². The Hall–Kier alpha value is -3.72. The molecule has 1 unspecified atom stereocenters. The number of Topliss-reactive ketones (excluding diaryl/α,β-unsaturated/α-hetero) is 1. The summed E-state index contributed by atoms with van der Waals surface area (Å²) in [5.41, 5.74) is 0.680. The second-order valence-corrected chi connectivity index (χ2v) is 12.6. The molecule has 1 heterocycles. The van der Waals surface area contributed by atoms with Crippen LogP contribution in [0.2, 0.25) is 0 Å². The number of nitrogens with one attached hydrogen (secondary N) is 2. The topological polar surface area (TPSA) is 114 Å². The highest BCUT2D eigenvalue weighted by Gasteiger charge is 2.35. The van der Waals surface area contributed by atoms with Crippen LogP contribution < -0.4 is 15.4 Å². The van der Waals surface area contributed by atoms with E-state index in [0.717, 1.165) is 18.4 Å². The summed E-state index contributed by atoms with van der Waals surface area (Å²) in [6, 6.07) is 14.1. The van der Waals surface area contributed by atoms with Gasteiger partial charge >= 0.3 is 5.97 Å². The number of carbonyl (C=O) groups excluding carboxylic acids is 4. The molecule has 0 radical (unpaired) electrons. The fourth-order valence-corrected chi connectivity index (χ4v) is 5.21. The number of rotatable bonds is 13. The number of benzene rings is 2. The van der Waals surface area contributed by atoms with Crippen molar-refractivity contribution in [2.45, 2.75) is 90.4 Å². The van der Waals surface area contributed by atoms with Gasteiger partial charge in [-0.15, -0.1) is 0 Å². The molecule has 2 N–H and O–H groups in total. The van der Waals surface area contributed by atoms with Gasteiger partial charge in [0.15, 0.2) is 5.78 Å². The van der Waals surface area contributed by atoms with E-state index in [2.05, 4.69) is 10.6 Å². The van der Waals surface area contributed by atoms with Gasteiger partial charge in [0, 0.05) is 12.0 Å². The number of hydrogen-bond donors (Lipinski definition) is 2. The maximum absolute atomic E-state index is 13.8. The average Bonchev–Trinajstić information content (AvgIpc) is 2.96. The first-order valence-electron chi connectivity index (χ1n) is 15.1. The van der Waals surface area contributed by atoms with Crippen molar-refractivity contribution >= 4 is 23.6 Å². The van der Waals surface area contributed by atoms with Gasteiger partial charge in [0.25, 0.3) is 0 Å². The molecule has 9 heteroatoms. The molecule has 0 bridgehead atoms. The Kier molecular flexibility index (Phi) is 12.3. The molecule has 2 amide bonds. The predicted octanol–water partition coefficient (Wildman–Crippen LogP) is 4.33. The summed E-state index contributed by atoms with van der Waals surface area (Å²) in [6.45, 7) is 9.97. The van der Waals surface area contributed by atoms with Gasteiger partial charge in [-0.25, -0.2) is 4.79 Å². The highest BCUT2D eigenvalue weighted by molar-refractivity contribution is 5.98. The third-order valence-electron chi connectivity index (χ3n) is 7.29. The van der Waals surface area contributed by atoms with Crippen molar-refractivity contribution in [3.63, 3.8) is 0 Å². The van der Waals surface area contributed by atoms with E-state index >= 15 is 0 Å². The first-order valence-corrected chi connectivity index (χ1v) is 15.1. The van der Waals surface area contributed by atoms with Crippen LogP contribution in [0.3, 0.4) is 0 Å². The van der Waals surface area contributed by atoms with Gasteiger partial charge < -0.3 is 20.1 Å². The van der Waals surface area contributed by atoms with Crippen LogP contribution in [0.1, 0.15) is 76.2 Å². The molecule has 9 nitrogen and oxygen atoms in total. The second-order valence-electron chi connectivity index (χ2n) is 12.6. The van der Waals surface area contributed by atoms with E-state index < -0.39 is 35.6 Å². The molecule has 0 spiro atoms. The summed E-state index contributed by atoms with van der Waals surface area (Å²) in [7, 11) is 1.55. The van der Waals surface area contributed by atoms with Crippen molar-refractivity contribution < 1.29 is 28.7 Å². The molecule has 1 aliphatic heterocycles. The number of methoxy groups -OCH3 is 1. The Morgan fingerprint density at radius 3 is 2.33 bits per heavy atom. The maximum Gasteiger partial charge on any atom is 0.329 e. The summed E-state index contributed by atoms with van der Waals surface area (Å²) in [6.07, 6.45) is 2.93. The summed E-state index contributed by atoms with van der Waals surface area (Å²) in [4.78, 5) is 55.5. The summed E-state index contributed by atoms with van der Waals surface area (Å²) in [5.74, 6) is -0.663. The number of ether oxygens (including phenoxy) is 2. The van der Waals surface area contributed by atoms with Gasteiger partial charge in [-0.05, 0) is 70.2 Å². The van der Waals surface area contributed by atoms with Gasteiger partial charge in [0.05, 0.1) is 19.7 Å². The van der Waals surface area contributed by atoms with Crippen LogP contribution in [0.15, 0.2) is 54.6 Å². The maximum atomic E-state index is 13.8. The Labute approximate surface area is 255 Å². The fraction of sp³-hybridized carbons (Fsp3) is 0.529. The molecule has 0 aromatic heterocycles. The molecule has 2 aromatic carbocycles. The van der Waals surface area contributed by atoms with E-state index in [1.807, 2.05) is 49.1 Å². The molecule has 1 aliphatic rings. The minimum Gasteiger partial charge on any atom is -0.497 e. The highest BCUT2D eigenvalue weighted by Crippen LogP contribution is 2.20. The lowest BCUT2D eigenvalue weighted by molar-refractivity contribution is -0.159. The first kappa shape index (κ1) is 33.8. The van der Waals surface area contributed by atoms with Crippen LogP contribution in [-0.4, -0.2) is 72.4 Å². The quantitative estimate of drug-likeness (QED) is 0.263. The van der Waals surface area contributed by atoms with E-state index in [0.29, 0.717) is 30.7 Å². The smallest absolute Gasteiger partial charge is 0.329 e. The lowest BCUT2D eigenvalue weighted by atomic mass is 9.98. The zero-order valence-corrected chi connectivity index (χ0v) is 26.4. The molecule has 3 rings (SSSR count). The average molecular weight is 594 g/mol. The largest absolute Gasteiger partial charge is 0.497 e. The lowest BCUT2D eigenvalue weighted by Gasteiger charge is -2.35. The zero-order chi connectivity index (χ0) is 31.6. The molecule has 1 saturated heterocycles. The van der Waals surface area contributed by atoms with E-state index in [-0.39, 0.29) is 30.6 Å². The van der Waals surface area contributed by atoms with E-state index in [1.54, 1.807) is 52.1 Å². The molecule has 0 aliphatic carbocycles. The number of carbonyl (C=O) groups is 4. The number of piperidine rings is 1. The molecule has 234 valence electrons. The first-order chi connectivity index (χ1) is 20.4. The van der Waals surface area contributed by atoms with Gasteiger partial charge in [0.2, 0.25) is 11.8 Å². The number of ketones is 1. The van der Waals surface area contributed by atoms with Crippen LogP contribution >= 0.6 is 0 Å². The van der Waals surface area contributed by atoms with Crippen molar-refractivity contribution in [1.82, 2.24) is 15.5 Å². The van der Waals surface area contributed by atoms with Crippen molar-refractivity contribution in [3.8, 4) is 5.75 Å². The van der Waals surface area contributed by atoms with Crippen molar-refractivity contribution in [1.29, 1.82) is 0 Å². The van der Waals surface area contributed by atoms with Crippen LogP contribution in [-0.2, 0) is 25.5 Å². The van der Waals surface area contributed by atoms with Gasteiger partial charge in [-0.2, -0.15) is 0 Å². The minimum atomic E-state index is -0.926. The Morgan fingerprint density at radius 2 is 1.67 bits per heavy atom. The monoisotopic (exact) mass is 593 g/mol. The Morgan fingerprint density at radius 1 is 0.953 bits per heavy atom.